The molecule has 0 saturated carbocycles. The molecule has 0 bridgehead atoms. The van der Waals surface area contributed by atoms with Gasteiger partial charge >= 0.3 is 5.97 Å². The molecule has 24 heavy (non-hydrogen) atoms. The van der Waals surface area contributed by atoms with Crippen LogP contribution >= 0.6 is 22.9 Å². The highest BCUT2D eigenvalue weighted by molar-refractivity contribution is 7.09. The fourth-order valence-corrected chi connectivity index (χ4v) is 2.85. The average molecular weight is 370 g/mol. The number of aryl methyl sites for hydroxylation is 1. The first-order valence-corrected chi connectivity index (χ1v) is 8.24. The first-order chi connectivity index (χ1) is 11.3. The number of rotatable bonds is 6. The van der Waals surface area contributed by atoms with Crippen LogP contribution < -0.4 is 4.74 Å². The van der Waals surface area contributed by atoms with Crippen molar-refractivity contribution in [3.63, 3.8) is 0 Å². The number of aliphatic carboxylic acids is 1. The Morgan fingerprint density at radius 2 is 2.12 bits per heavy atom. The zero-order valence-corrected chi connectivity index (χ0v) is 14.9. The molecule has 2 heterocycles. The first kappa shape index (κ1) is 18.2. The van der Waals surface area contributed by atoms with Crippen molar-refractivity contribution in [1.29, 1.82) is 0 Å². The van der Waals surface area contributed by atoms with Crippen molar-refractivity contribution >= 4 is 34.8 Å². The number of carbonyl (C=O) groups is 2. The van der Waals surface area contributed by atoms with Crippen LogP contribution in [-0.4, -0.2) is 45.0 Å². The lowest BCUT2D eigenvalue weighted by atomic mass is 10.2. The van der Waals surface area contributed by atoms with Gasteiger partial charge < -0.3 is 14.7 Å². The molecule has 2 rings (SSSR count). The van der Waals surface area contributed by atoms with E-state index in [4.69, 9.17) is 16.3 Å². The Morgan fingerprint density at radius 3 is 2.62 bits per heavy atom. The molecular weight excluding hydrogens is 354 g/mol. The van der Waals surface area contributed by atoms with Crippen molar-refractivity contribution in [3.8, 4) is 5.88 Å². The lowest BCUT2D eigenvalue weighted by molar-refractivity contribution is -0.141. The second-order valence-corrected chi connectivity index (χ2v) is 6.42. The number of ether oxygens (including phenoxy) is 1. The standard InChI is InChI=1S/C15H16ClN3O4S/c1-8(15(21)22)19(6-10-7-24-9(2)17-10)14(20)11-4-5-12(23-3)18-13(11)16/h4-5,7-8H,6H2,1-3H3,(H,21,22). The Labute approximate surface area is 147 Å². The van der Waals surface area contributed by atoms with Gasteiger partial charge in [0.15, 0.2) is 0 Å². The maximum Gasteiger partial charge on any atom is 0.326 e. The summed E-state index contributed by atoms with van der Waals surface area (Å²) in [6.07, 6.45) is 0. The van der Waals surface area contributed by atoms with Crippen molar-refractivity contribution in [1.82, 2.24) is 14.9 Å². The highest BCUT2D eigenvalue weighted by Crippen LogP contribution is 2.22. The third kappa shape index (κ3) is 4.01. The van der Waals surface area contributed by atoms with Crippen LogP contribution in [0, 0.1) is 6.92 Å². The molecule has 0 aliphatic heterocycles. The second kappa shape index (κ2) is 7.59. The van der Waals surface area contributed by atoms with E-state index < -0.39 is 17.9 Å². The number of halogens is 1. The number of carboxylic acids is 1. The van der Waals surface area contributed by atoms with Crippen LogP contribution in [0.15, 0.2) is 17.5 Å². The van der Waals surface area contributed by atoms with E-state index in [0.29, 0.717) is 5.69 Å². The van der Waals surface area contributed by atoms with Crippen LogP contribution in [0.5, 0.6) is 5.88 Å². The molecule has 128 valence electrons. The minimum atomic E-state index is -1.12. The van der Waals surface area contributed by atoms with Crippen LogP contribution in [0.4, 0.5) is 0 Å². The minimum Gasteiger partial charge on any atom is -0.481 e. The molecule has 1 atom stereocenters. The van der Waals surface area contributed by atoms with Crippen molar-refractivity contribution in [2.45, 2.75) is 26.4 Å². The van der Waals surface area contributed by atoms with Crippen molar-refractivity contribution in [3.05, 3.63) is 38.9 Å². The number of carboxylic acid groups (broad SMARTS) is 1. The summed E-state index contributed by atoms with van der Waals surface area (Å²) in [7, 11) is 1.43. The monoisotopic (exact) mass is 369 g/mol. The van der Waals surface area contributed by atoms with Gasteiger partial charge in [-0.1, -0.05) is 11.6 Å². The maximum atomic E-state index is 12.8. The minimum absolute atomic E-state index is 0.0450. The van der Waals surface area contributed by atoms with Crippen LogP contribution in [0.1, 0.15) is 28.0 Å². The van der Waals surface area contributed by atoms with Gasteiger partial charge in [-0.15, -0.1) is 11.3 Å². The van der Waals surface area contributed by atoms with E-state index in [-0.39, 0.29) is 23.1 Å². The molecule has 2 aromatic rings. The first-order valence-electron chi connectivity index (χ1n) is 6.98. The Balaban J connectivity index is 2.35. The summed E-state index contributed by atoms with van der Waals surface area (Å²) in [5, 5.41) is 11.9. The van der Waals surface area contributed by atoms with Gasteiger partial charge in [0.1, 0.15) is 11.2 Å². The molecule has 0 saturated heterocycles. The van der Waals surface area contributed by atoms with Crippen molar-refractivity contribution in [2.75, 3.05) is 7.11 Å². The number of methoxy groups -OCH3 is 1. The quantitative estimate of drug-likeness (QED) is 0.787. The summed E-state index contributed by atoms with van der Waals surface area (Å²) in [5.41, 5.74) is 0.731. The number of aromatic nitrogens is 2. The molecule has 0 spiro atoms. The largest absolute Gasteiger partial charge is 0.481 e. The van der Waals surface area contributed by atoms with Crippen LogP contribution in [0.2, 0.25) is 5.15 Å². The SMILES string of the molecule is COc1ccc(C(=O)N(Cc2csc(C)n2)C(C)C(=O)O)c(Cl)n1. The van der Waals surface area contributed by atoms with Crippen molar-refractivity contribution < 1.29 is 19.4 Å². The van der Waals surface area contributed by atoms with Gasteiger partial charge in [0.2, 0.25) is 5.88 Å². The van der Waals surface area contributed by atoms with Gasteiger partial charge in [-0.05, 0) is 19.9 Å². The fourth-order valence-electron chi connectivity index (χ4n) is 2.02. The average Bonchev–Trinajstić information content (AvgIpc) is 2.96. The van der Waals surface area contributed by atoms with Gasteiger partial charge in [-0.3, -0.25) is 4.79 Å². The zero-order chi connectivity index (χ0) is 17.9. The van der Waals surface area contributed by atoms with E-state index in [1.54, 1.807) is 5.38 Å². The summed E-state index contributed by atoms with van der Waals surface area (Å²) in [4.78, 5) is 33.6. The summed E-state index contributed by atoms with van der Waals surface area (Å²) in [5.74, 6) is -1.38. The fraction of sp³-hybridized carbons (Fsp3) is 0.333. The molecule has 7 nitrogen and oxygen atoms in total. The molecule has 9 heteroatoms. The Morgan fingerprint density at radius 1 is 1.42 bits per heavy atom. The van der Waals surface area contributed by atoms with Crippen LogP contribution in [0.25, 0.3) is 0 Å². The zero-order valence-electron chi connectivity index (χ0n) is 13.3. The number of thiazole rings is 1. The maximum absolute atomic E-state index is 12.8. The Bertz CT molecular complexity index is 765. The van der Waals surface area contributed by atoms with Gasteiger partial charge in [-0.25, -0.2) is 14.8 Å². The second-order valence-electron chi connectivity index (χ2n) is 5.00. The Hall–Kier alpha value is -2.19. The van der Waals surface area contributed by atoms with Gasteiger partial charge in [-0.2, -0.15) is 0 Å². The summed E-state index contributed by atoms with van der Waals surface area (Å²) < 4.78 is 4.95. The summed E-state index contributed by atoms with van der Waals surface area (Å²) in [6, 6.07) is 1.91. The molecule has 1 unspecified atom stereocenters. The molecule has 0 fully saturated rings. The van der Waals surface area contributed by atoms with Gasteiger partial charge in [0, 0.05) is 11.4 Å². The van der Waals surface area contributed by atoms with Crippen molar-refractivity contribution in [2.24, 2.45) is 0 Å². The number of nitrogens with zero attached hydrogens (tertiary/aromatic N) is 3. The number of hydrogen-bond acceptors (Lipinski definition) is 6. The number of hydrogen-bond donors (Lipinski definition) is 1. The highest BCUT2D eigenvalue weighted by atomic mass is 35.5. The lowest BCUT2D eigenvalue weighted by Gasteiger charge is -2.26. The lowest BCUT2D eigenvalue weighted by Crippen LogP contribution is -2.43. The van der Waals surface area contributed by atoms with E-state index in [1.807, 2.05) is 6.92 Å². The molecule has 0 aromatic carbocycles. The van der Waals surface area contributed by atoms with Gasteiger partial charge in [0.05, 0.1) is 29.9 Å². The van der Waals surface area contributed by atoms with E-state index in [0.717, 1.165) is 5.01 Å². The smallest absolute Gasteiger partial charge is 0.326 e. The summed E-state index contributed by atoms with van der Waals surface area (Å²) in [6.45, 7) is 3.34. The molecule has 2 aromatic heterocycles. The predicted octanol–water partition coefficient (Wildman–Crippen LogP) is 2.62. The normalized spacial score (nSPS) is 11.8. The van der Waals surface area contributed by atoms with Crippen LogP contribution in [0.3, 0.4) is 0 Å². The van der Waals surface area contributed by atoms with Crippen LogP contribution in [-0.2, 0) is 11.3 Å². The predicted molar refractivity (Wildman–Crippen MR) is 89.6 cm³/mol. The number of amides is 1. The topological polar surface area (TPSA) is 92.6 Å². The van der Waals surface area contributed by atoms with E-state index in [1.165, 1.54) is 42.4 Å². The third-order valence-electron chi connectivity index (χ3n) is 3.35. The van der Waals surface area contributed by atoms with Gasteiger partial charge in [0.25, 0.3) is 5.91 Å². The number of pyridine rings is 1. The highest BCUT2D eigenvalue weighted by Gasteiger charge is 2.29. The number of carbonyl (C=O) groups excluding carboxylic acids is 1. The van der Waals surface area contributed by atoms with E-state index in [2.05, 4.69) is 9.97 Å². The Kier molecular flexibility index (Phi) is 5.74. The molecule has 0 aliphatic rings. The molecule has 1 N–H and O–H groups in total. The molecule has 1 amide bonds. The molecule has 0 aliphatic carbocycles. The molecular formula is C15H16ClN3O4S. The molecule has 0 radical (unpaired) electrons. The summed E-state index contributed by atoms with van der Waals surface area (Å²) >= 11 is 7.47. The van der Waals surface area contributed by atoms with E-state index in [9.17, 15) is 14.7 Å². The van der Waals surface area contributed by atoms with E-state index >= 15 is 0 Å². The third-order valence-corrected chi connectivity index (χ3v) is 4.46.